The predicted octanol–water partition coefficient (Wildman–Crippen LogP) is 5.77. The number of ether oxygens (including phenoxy) is 1. The molecule has 0 saturated heterocycles. The van der Waals surface area contributed by atoms with Gasteiger partial charge in [0.1, 0.15) is 17.3 Å². The molecule has 0 aliphatic rings. The third-order valence-corrected chi connectivity index (χ3v) is 4.09. The average Bonchev–Trinajstić information content (AvgIpc) is 3.07. The lowest BCUT2D eigenvalue weighted by atomic mass is 10.1. The van der Waals surface area contributed by atoms with E-state index in [0.29, 0.717) is 22.3 Å². The Hall–Kier alpha value is -1.94. The largest absolute Gasteiger partial charge is 0.464 e. The van der Waals surface area contributed by atoms with Crippen molar-refractivity contribution in [3.63, 3.8) is 0 Å². The van der Waals surface area contributed by atoms with Crippen molar-refractivity contribution in [3.05, 3.63) is 70.4 Å². The van der Waals surface area contributed by atoms with Gasteiger partial charge in [0.05, 0.1) is 16.3 Å². The van der Waals surface area contributed by atoms with Crippen LogP contribution in [-0.2, 0) is 6.54 Å². The van der Waals surface area contributed by atoms with Gasteiger partial charge in [0.2, 0.25) is 0 Å². The minimum absolute atomic E-state index is 0.464. The molecule has 0 spiro atoms. The summed E-state index contributed by atoms with van der Waals surface area (Å²) in [6.45, 7) is 0.672. The van der Waals surface area contributed by atoms with E-state index in [-0.39, 0.29) is 0 Å². The maximum atomic E-state index is 6.04. The Morgan fingerprint density at radius 3 is 2.61 bits per heavy atom. The normalized spacial score (nSPS) is 10.7. The van der Waals surface area contributed by atoms with Crippen molar-refractivity contribution in [2.24, 2.45) is 0 Å². The van der Waals surface area contributed by atoms with Crippen molar-refractivity contribution in [2.45, 2.75) is 6.54 Å². The van der Waals surface area contributed by atoms with Crippen LogP contribution in [0.3, 0.4) is 0 Å². The maximum Gasteiger partial charge on any atom is 0.133 e. The zero-order valence-electron chi connectivity index (χ0n) is 12.5. The van der Waals surface area contributed by atoms with Gasteiger partial charge in [0, 0.05) is 23.7 Å². The second-order valence-corrected chi connectivity index (χ2v) is 5.82. The van der Waals surface area contributed by atoms with E-state index in [1.807, 2.05) is 37.4 Å². The minimum atomic E-state index is 0.464. The Balaban J connectivity index is 1.93. The van der Waals surface area contributed by atoms with Crippen LogP contribution in [0.2, 0.25) is 10.0 Å². The van der Waals surface area contributed by atoms with Crippen molar-refractivity contribution >= 4 is 23.2 Å². The summed E-state index contributed by atoms with van der Waals surface area (Å²) in [5.41, 5.74) is 2.02. The molecule has 0 saturated carbocycles. The van der Waals surface area contributed by atoms with Gasteiger partial charge in [0.15, 0.2) is 0 Å². The molecule has 3 aromatic rings. The van der Waals surface area contributed by atoms with E-state index in [1.165, 1.54) is 0 Å². The molecule has 3 nitrogen and oxygen atoms in total. The highest BCUT2D eigenvalue weighted by molar-refractivity contribution is 6.42. The summed E-state index contributed by atoms with van der Waals surface area (Å²) in [4.78, 5) is 0. The lowest BCUT2D eigenvalue weighted by Gasteiger charge is -2.13. The van der Waals surface area contributed by atoms with Crippen LogP contribution in [-0.4, -0.2) is 7.05 Å². The van der Waals surface area contributed by atoms with E-state index >= 15 is 0 Å². The summed E-state index contributed by atoms with van der Waals surface area (Å²) < 4.78 is 11.4. The van der Waals surface area contributed by atoms with E-state index in [0.717, 1.165) is 22.6 Å². The fourth-order valence-electron chi connectivity index (χ4n) is 2.27. The number of benzene rings is 2. The summed E-state index contributed by atoms with van der Waals surface area (Å²) in [6.07, 6.45) is 1.66. The summed E-state index contributed by atoms with van der Waals surface area (Å²) in [6, 6.07) is 14.9. The van der Waals surface area contributed by atoms with Gasteiger partial charge < -0.3 is 14.5 Å². The fraction of sp³-hybridized carbons (Fsp3) is 0.111. The highest BCUT2D eigenvalue weighted by atomic mass is 35.5. The smallest absolute Gasteiger partial charge is 0.133 e. The number of halogens is 2. The molecule has 0 fully saturated rings. The molecule has 0 radical (unpaired) electrons. The van der Waals surface area contributed by atoms with Crippen LogP contribution in [0.4, 0.5) is 0 Å². The van der Waals surface area contributed by atoms with E-state index in [9.17, 15) is 0 Å². The number of hydrogen-bond donors (Lipinski definition) is 1. The standard InChI is InChI=1S/C18H15Cl2NO2/c1-21-11-13-9-12(17-3-2-8-22-17)4-7-18(13)23-14-5-6-15(19)16(20)10-14/h2-10,21H,11H2,1H3. The van der Waals surface area contributed by atoms with E-state index < -0.39 is 0 Å². The van der Waals surface area contributed by atoms with Crippen LogP contribution in [0.1, 0.15) is 5.56 Å². The van der Waals surface area contributed by atoms with Gasteiger partial charge in [-0.3, -0.25) is 0 Å². The first-order valence-electron chi connectivity index (χ1n) is 7.11. The van der Waals surface area contributed by atoms with Crippen molar-refractivity contribution in [1.29, 1.82) is 0 Å². The van der Waals surface area contributed by atoms with Gasteiger partial charge in [-0.05, 0) is 49.5 Å². The van der Waals surface area contributed by atoms with Crippen LogP contribution in [0.15, 0.2) is 59.2 Å². The molecule has 1 N–H and O–H groups in total. The topological polar surface area (TPSA) is 34.4 Å². The predicted molar refractivity (Wildman–Crippen MR) is 93.4 cm³/mol. The molecule has 0 bridgehead atoms. The molecule has 0 unspecified atom stereocenters. The molecule has 5 heteroatoms. The Kier molecular flexibility index (Phi) is 4.91. The number of nitrogens with one attached hydrogen (secondary N) is 1. The molecule has 0 aliphatic carbocycles. The average molecular weight is 348 g/mol. The first-order chi connectivity index (χ1) is 11.2. The number of rotatable bonds is 5. The second-order valence-electron chi connectivity index (χ2n) is 5.01. The van der Waals surface area contributed by atoms with Crippen molar-refractivity contribution in [3.8, 4) is 22.8 Å². The molecular weight excluding hydrogens is 333 g/mol. The first-order valence-corrected chi connectivity index (χ1v) is 7.87. The van der Waals surface area contributed by atoms with E-state index in [1.54, 1.807) is 24.5 Å². The Bertz CT molecular complexity index is 801. The van der Waals surface area contributed by atoms with Crippen LogP contribution in [0, 0.1) is 0 Å². The first kappa shape index (κ1) is 15.9. The Morgan fingerprint density at radius 1 is 1.04 bits per heavy atom. The molecule has 118 valence electrons. The Morgan fingerprint density at radius 2 is 1.91 bits per heavy atom. The maximum absolute atomic E-state index is 6.04. The monoisotopic (exact) mass is 347 g/mol. The molecular formula is C18H15Cl2NO2. The lowest BCUT2D eigenvalue weighted by molar-refractivity contribution is 0.474. The minimum Gasteiger partial charge on any atom is -0.464 e. The van der Waals surface area contributed by atoms with Crippen molar-refractivity contribution in [1.82, 2.24) is 5.32 Å². The molecule has 0 atom stereocenters. The van der Waals surface area contributed by atoms with Crippen molar-refractivity contribution < 1.29 is 9.15 Å². The zero-order valence-corrected chi connectivity index (χ0v) is 14.0. The van der Waals surface area contributed by atoms with Gasteiger partial charge in [-0.1, -0.05) is 23.2 Å². The molecule has 0 aliphatic heterocycles. The van der Waals surface area contributed by atoms with Gasteiger partial charge in [0.25, 0.3) is 0 Å². The summed E-state index contributed by atoms with van der Waals surface area (Å²) in [7, 11) is 1.89. The van der Waals surface area contributed by atoms with Crippen molar-refractivity contribution in [2.75, 3.05) is 7.05 Å². The lowest BCUT2D eigenvalue weighted by Crippen LogP contribution is -2.06. The third kappa shape index (κ3) is 3.70. The van der Waals surface area contributed by atoms with Gasteiger partial charge in [-0.15, -0.1) is 0 Å². The van der Waals surface area contributed by atoms with Crippen LogP contribution < -0.4 is 10.1 Å². The van der Waals surface area contributed by atoms with E-state index in [2.05, 4.69) is 5.32 Å². The molecule has 23 heavy (non-hydrogen) atoms. The second kappa shape index (κ2) is 7.09. The molecule has 0 amide bonds. The quantitative estimate of drug-likeness (QED) is 0.636. The third-order valence-electron chi connectivity index (χ3n) is 3.35. The van der Waals surface area contributed by atoms with Crippen LogP contribution >= 0.6 is 23.2 Å². The highest BCUT2D eigenvalue weighted by Gasteiger charge is 2.10. The SMILES string of the molecule is CNCc1cc(-c2ccco2)ccc1Oc1ccc(Cl)c(Cl)c1. The number of furan rings is 1. The summed E-state index contributed by atoms with van der Waals surface area (Å²) in [5, 5.41) is 4.11. The molecule has 2 aromatic carbocycles. The van der Waals surface area contributed by atoms with E-state index in [4.69, 9.17) is 32.4 Å². The fourth-order valence-corrected chi connectivity index (χ4v) is 2.56. The highest BCUT2D eigenvalue weighted by Crippen LogP contribution is 2.33. The zero-order chi connectivity index (χ0) is 16.2. The van der Waals surface area contributed by atoms with Crippen LogP contribution in [0.5, 0.6) is 11.5 Å². The van der Waals surface area contributed by atoms with Gasteiger partial charge in [-0.25, -0.2) is 0 Å². The van der Waals surface area contributed by atoms with Gasteiger partial charge in [-0.2, -0.15) is 0 Å². The molecule has 1 heterocycles. The van der Waals surface area contributed by atoms with Crippen LogP contribution in [0.25, 0.3) is 11.3 Å². The summed E-state index contributed by atoms with van der Waals surface area (Å²) in [5.74, 6) is 2.22. The molecule has 3 rings (SSSR count). The number of hydrogen-bond acceptors (Lipinski definition) is 3. The van der Waals surface area contributed by atoms with Gasteiger partial charge >= 0.3 is 0 Å². The Labute approximate surface area is 144 Å². The summed E-state index contributed by atoms with van der Waals surface area (Å²) >= 11 is 12.0. The molecule has 1 aromatic heterocycles.